The molecule has 1 atom stereocenters. The second-order valence-corrected chi connectivity index (χ2v) is 3.55. The molecule has 0 heterocycles. The fourth-order valence-corrected chi connectivity index (χ4v) is 1.30. The van der Waals surface area contributed by atoms with Gasteiger partial charge in [-0.05, 0) is 43.5 Å². The number of rotatable bonds is 2. The summed E-state index contributed by atoms with van der Waals surface area (Å²) < 4.78 is 13.2. The predicted octanol–water partition coefficient (Wildman–Crippen LogP) is 2.92. The number of aliphatic hydroxyl groups excluding tert-OH is 1. The number of aliphatic hydroxyl groups is 1. The molecule has 14 heavy (non-hydrogen) atoms. The molecule has 0 bridgehead atoms. The van der Waals surface area contributed by atoms with Crippen molar-refractivity contribution in [1.82, 2.24) is 0 Å². The maximum Gasteiger partial charge on any atom is 0.126 e. The van der Waals surface area contributed by atoms with E-state index in [0.717, 1.165) is 11.1 Å². The molecule has 1 unspecified atom stereocenters. The topological polar surface area (TPSA) is 20.2 Å². The molecule has 1 rings (SSSR count). The summed E-state index contributed by atoms with van der Waals surface area (Å²) in [6, 6.07) is 5.08. The van der Waals surface area contributed by atoms with Gasteiger partial charge in [0, 0.05) is 0 Å². The number of allylic oxidation sites excluding steroid dienone is 1. The monoisotopic (exact) mass is 194 g/mol. The first-order valence-corrected chi connectivity index (χ1v) is 4.63. The van der Waals surface area contributed by atoms with Gasteiger partial charge in [-0.2, -0.15) is 0 Å². The molecule has 0 spiro atoms. The molecule has 1 aromatic rings. The van der Waals surface area contributed by atoms with Crippen LogP contribution in [0.2, 0.25) is 0 Å². The summed E-state index contributed by atoms with van der Waals surface area (Å²) >= 11 is 0. The van der Waals surface area contributed by atoms with Gasteiger partial charge < -0.3 is 5.11 Å². The zero-order valence-electron chi connectivity index (χ0n) is 8.71. The van der Waals surface area contributed by atoms with Crippen LogP contribution in [0.1, 0.15) is 25.0 Å². The first-order valence-electron chi connectivity index (χ1n) is 4.63. The molecule has 0 radical (unpaired) electrons. The predicted molar refractivity (Wildman–Crippen MR) is 56.5 cm³/mol. The zero-order chi connectivity index (χ0) is 10.7. The second kappa shape index (κ2) is 4.38. The van der Waals surface area contributed by atoms with E-state index in [1.165, 1.54) is 6.07 Å². The van der Waals surface area contributed by atoms with Crippen LogP contribution in [0.15, 0.2) is 24.3 Å². The third-order valence-electron chi connectivity index (χ3n) is 2.12. The van der Waals surface area contributed by atoms with E-state index in [1.807, 2.05) is 13.0 Å². The van der Waals surface area contributed by atoms with Gasteiger partial charge in [-0.3, -0.25) is 0 Å². The highest BCUT2D eigenvalue weighted by Gasteiger charge is 2.01. The van der Waals surface area contributed by atoms with Gasteiger partial charge in [0.25, 0.3) is 0 Å². The average molecular weight is 194 g/mol. The van der Waals surface area contributed by atoms with Crippen LogP contribution in [0.4, 0.5) is 4.39 Å². The van der Waals surface area contributed by atoms with E-state index in [4.69, 9.17) is 5.11 Å². The van der Waals surface area contributed by atoms with E-state index < -0.39 is 6.10 Å². The second-order valence-electron chi connectivity index (χ2n) is 3.55. The number of benzene rings is 1. The maximum absolute atomic E-state index is 13.2. The molecule has 0 aromatic heterocycles. The Labute approximate surface area is 83.9 Å². The minimum Gasteiger partial charge on any atom is -0.389 e. The van der Waals surface area contributed by atoms with Gasteiger partial charge >= 0.3 is 0 Å². The fraction of sp³-hybridized carbons (Fsp3) is 0.333. The Morgan fingerprint density at radius 1 is 1.50 bits per heavy atom. The van der Waals surface area contributed by atoms with Gasteiger partial charge in [0.1, 0.15) is 5.82 Å². The number of aryl methyl sites for hydroxylation is 1. The Hall–Kier alpha value is -1.15. The van der Waals surface area contributed by atoms with E-state index in [0.29, 0.717) is 5.56 Å². The van der Waals surface area contributed by atoms with Gasteiger partial charge in [0.15, 0.2) is 0 Å². The van der Waals surface area contributed by atoms with Crippen LogP contribution in [-0.4, -0.2) is 11.2 Å². The molecule has 1 nitrogen and oxygen atoms in total. The lowest BCUT2D eigenvalue weighted by Gasteiger charge is -2.05. The zero-order valence-corrected chi connectivity index (χ0v) is 8.71. The summed E-state index contributed by atoms with van der Waals surface area (Å²) in [5, 5.41) is 9.14. The molecule has 76 valence electrons. The van der Waals surface area contributed by atoms with Crippen molar-refractivity contribution in [2.75, 3.05) is 0 Å². The minimum absolute atomic E-state index is 0.208. The smallest absolute Gasteiger partial charge is 0.126 e. The SMILES string of the molecule is C/C(=C/C(C)O)c1ccc(C)c(F)c1. The minimum atomic E-state index is -0.501. The molecule has 1 N–H and O–H groups in total. The van der Waals surface area contributed by atoms with E-state index in [2.05, 4.69) is 0 Å². The van der Waals surface area contributed by atoms with E-state index in [9.17, 15) is 4.39 Å². The Morgan fingerprint density at radius 2 is 2.14 bits per heavy atom. The van der Waals surface area contributed by atoms with Crippen LogP contribution >= 0.6 is 0 Å². The van der Waals surface area contributed by atoms with Crippen molar-refractivity contribution in [2.24, 2.45) is 0 Å². The number of halogens is 1. The Balaban J connectivity index is 3.03. The normalized spacial score (nSPS) is 14.2. The van der Waals surface area contributed by atoms with Crippen LogP contribution in [0.3, 0.4) is 0 Å². The molecular formula is C12H15FO. The lowest BCUT2D eigenvalue weighted by atomic mass is 10.0. The van der Waals surface area contributed by atoms with Crippen molar-refractivity contribution in [2.45, 2.75) is 26.9 Å². The third kappa shape index (κ3) is 2.67. The first-order chi connectivity index (χ1) is 6.50. The first kappa shape index (κ1) is 10.9. The molecule has 0 aliphatic carbocycles. The summed E-state index contributed by atoms with van der Waals surface area (Å²) in [5.74, 6) is -0.208. The highest BCUT2D eigenvalue weighted by atomic mass is 19.1. The lowest BCUT2D eigenvalue weighted by molar-refractivity contribution is 0.244. The van der Waals surface area contributed by atoms with E-state index in [1.54, 1.807) is 26.0 Å². The summed E-state index contributed by atoms with van der Waals surface area (Å²) in [7, 11) is 0. The molecule has 1 aromatic carbocycles. The number of hydrogen-bond acceptors (Lipinski definition) is 1. The molecule has 2 heteroatoms. The quantitative estimate of drug-likeness (QED) is 0.767. The summed E-state index contributed by atoms with van der Waals surface area (Å²) in [6.45, 7) is 5.26. The van der Waals surface area contributed by atoms with E-state index >= 15 is 0 Å². The maximum atomic E-state index is 13.2. The lowest BCUT2D eigenvalue weighted by Crippen LogP contribution is -1.95. The summed E-state index contributed by atoms with van der Waals surface area (Å²) in [4.78, 5) is 0. The van der Waals surface area contributed by atoms with Crippen LogP contribution < -0.4 is 0 Å². The van der Waals surface area contributed by atoms with Gasteiger partial charge in [0.2, 0.25) is 0 Å². The molecule has 0 aliphatic rings. The van der Waals surface area contributed by atoms with Crippen molar-refractivity contribution >= 4 is 5.57 Å². The molecule has 0 saturated carbocycles. The molecule has 0 saturated heterocycles. The Kier molecular flexibility index (Phi) is 3.42. The van der Waals surface area contributed by atoms with E-state index in [-0.39, 0.29) is 5.82 Å². The van der Waals surface area contributed by atoms with Crippen molar-refractivity contribution in [3.05, 3.63) is 41.2 Å². The van der Waals surface area contributed by atoms with Gasteiger partial charge in [-0.15, -0.1) is 0 Å². The van der Waals surface area contributed by atoms with Gasteiger partial charge in [0.05, 0.1) is 6.10 Å². The van der Waals surface area contributed by atoms with Crippen molar-refractivity contribution < 1.29 is 9.50 Å². The van der Waals surface area contributed by atoms with Gasteiger partial charge in [-0.1, -0.05) is 18.2 Å². The molecule has 0 fully saturated rings. The van der Waals surface area contributed by atoms with Gasteiger partial charge in [-0.25, -0.2) is 4.39 Å². The Morgan fingerprint density at radius 3 is 2.64 bits per heavy atom. The highest BCUT2D eigenvalue weighted by molar-refractivity contribution is 5.64. The fourth-order valence-electron chi connectivity index (χ4n) is 1.30. The largest absolute Gasteiger partial charge is 0.389 e. The standard InChI is InChI=1S/C12H15FO/c1-8-4-5-11(7-12(8)13)9(2)6-10(3)14/h4-7,10,14H,1-3H3/b9-6-. The highest BCUT2D eigenvalue weighted by Crippen LogP contribution is 2.17. The third-order valence-corrected chi connectivity index (χ3v) is 2.12. The van der Waals surface area contributed by atoms with Crippen molar-refractivity contribution in [1.29, 1.82) is 0 Å². The van der Waals surface area contributed by atoms with Crippen LogP contribution in [0, 0.1) is 12.7 Å². The van der Waals surface area contributed by atoms with Crippen molar-refractivity contribution in [3.8, 4) is 0 Å². The summed E-state index contributed by atoms with van der Waals surface area (Å²) in [5.41, 5.74) is 2.34. The average Bonchev–Trinajstić information content (AvgIpc) is 2.08. The van der Waals surface area contributed by atoms with Crippen LogP contribution in [0.5, 0.6) is 0 Å². The van der Waals surface area contributed by atoms with Crippen LogP contribution in [0.25, 0.3) is 5.57 Å². The molecule has 0 aliphatic heterocycles. The van der Waals surface area contributed by atoms with Crippen LogP contribution in [-0.2, 0) is 0 Å². The molecule has 0 amide bonds. The Bertz CT molecular complexity index is 353. The number of hydrogen-bond donors (Lipinski definition) is 1. The van der Waals surface area contributed by atoms with Crippen molar-refractivity contribution in [3.63, 3.8) is 0 Å². The molecular weight excluding hydrogens is 179 g/mol. The summed E-state index contributed by atoms with van der Waals surface area (Å²) in [6.07, 6.45) is 1.20.